The van der Waals surface area contributed by atoms with Crippen LogP contribution in [0, 0.1) is 0 Å². The highest BCUT2D eigenvalue weighted by molar-refractivity contribution is 6.31. The minimum absolute atomic E-state index is 0.0856. The molecule has 0 atom stereocenters. The van der Waals surface area contributed by atoms with E-state index in [1.165, 1.54) is 0 Å². The Bertz CT molecular complexity index is 369. The molecule has 3 heteroatoms. The molecule has 0 amide bonds. The van der Waals surface area contributed by atoms with Crippen LogP contribution in [0.5, 0.6) is 0 Å². The lowest BCUT2D eigenvalue weighted by atomic mass is 10.0. The third-order valence-corrected chi connectivity index (χ3v) is 2.18. The standard InChI is InChI=1S/C10H11ClN2/c1-10(2)6-12-8-4-3-7(11)5-9(8)13-10/h3-6,13H,1-2H3. The predicted molar refractivity (Wildman–Crippen MR) is 57.3 cm³/mol. The number of rotatable bonds is 0. The van der Waals surface area contributed by atoms with E-state index in [-0.39, 0.29) is 5.54 Å². The van der Waals surface area contributed by atoms with Crippen molar-refractivity contribution >= 4 is 29.2 Å². The summed E-state index contributed by atoms with van der Waals surface area (Å²) in [6.45, 7) is 4.14. The van der Waals surface area contributed by atoms with Gasteiger partial charge in [-0.1, -0.05) is 11.6 Å². The summed E-state index contributed by atoms with van der Waals surface area (Å²) in [5.74, 6) is 0. The van der Waals surface area contributed by atoms with Gasteiger partial charge in [0.25, 0.3) is 0 Å². The van der Waals surface area contributed by atoms with Gasteiger partial charge in [-0.15, -0.1) is 0 Å². The molecule has 2 nitrogen and oxygen atoms in total. The first-order chi connectivity index (χ1) is 6.07. The van der Waals surface area contributed by atoms with E-state index in [0.29, 0.717) is 0 Å². The molecule has 0 saturated carbocycles. The number of halogens is 1. The fourth-order valence-electron chi connectivity index (χ4n) is 1.33. The molecule has 1 aliphatic rings. The van der Waals surface area contributed by atoms with Gasteiger partial charge < -0.3 is 5.32 Å². The molecule has 0 radical (unpaired) electrons. The van der Waals surface area contributed by atoms with Crippen LogP contribution in [0.15, 0.2) is 23.2 Å². The van der Waals surface area contributed by atoms with Gasteiger partial charge in [0.2, 0.25) is 0 Å². The molecule has 0 unspecified atom stereocenters. The molecule has 0 fully saturated rings. The van der Waals surface area contributed by atoms with E-state index in [2.05, 4.69) is 24.2 Å². The Hall–Kier alpha value is -1.02. The normalized spacial score (nSPS) is 17.8. The highest BCUT2D eigenvalue weighted by Gasteiger charge is 2.20. The Labute approximate surface area is 82.6 Å². The quantitative estimate of drug-likeness (QED) is 0.674. The minimum atomic E-state index is -0.0856. The molecule has 0 bridgehead atoms. The number of anilines is 1. The van der Waals surface area contributed by atoms with E-state index in [0.717, 1.165) is 16.4 Å². The van der Waals surface area contributed by atoms with Crippen molar-refractivity contribution in [2.75, 3.05) is 5.32 Å². The molecular formula is C10H11ClN2. The largest absolute Gasteiger partial charge is 0.373 e. The molecule has 1 N–H and O–H groups in total. The maximum Gasteiger partial charge on any atom is 0.0859 e. The van der Waals surface area contributed by atoms with Crippen LogP contribution in [0.3, 0.4) is 0 Å². The highest BCUT2D eigenvalue weighted by atomic mass is 35.5. The fourth-order valence-corrected chi connectivity index (χ4v) is 1.50. The van der Waals surface area contributed by atoms with Gasteiger partial charge in [-0.05, 0) is 32.0 Å². The average molecular weight is 195 g/mol. The lowest BCUT2D eigenvalue weighted by molar-refractivity contribution is 0.769. The van der Waals surface area contributed by atoms with Gasteiger partial charge in [-0.2, -0.15) is 0 Å². The van der Waals surface area contributed by atoms with Crippen molar-refractivity contribution in [3.05, 3.63) is 23.2 Å². The van der Waals surface area contributed by atoms with E-state index in [1.54, 1.807) is 0 Å². The van der Waals surface area contributed by atoms with Gasteiger partial charge in [0, 0.05) is 11.2 Å². The van der Waals surface area contributed by atoms with E-state index < -0.39 is 0 Å². The van der Waals surface area contributed by atoms with Crippen molar-refractivity contribution < 1.29 is 0 Å². The Morgan fingerprint density at radius 2 is 2.15 bits per heavy atom. The number of hydrogen-bond acceptors (Lipinski definition) is 2. The monoisotopic (exact) mass is 194 g/mol. The maximum atomic E-state index is 5.88. The van der Waals surface area contributed by atoms with Crippen molar-refractivity contribution in [2.24, 2.45) is 4.99 Å². The maximum absolute atomic E-state index is 5.88. The summed E-state index contributed by atoms with van der Waals surface area (Å²) in [4.78, 5) is 4.34. The SMILES string of the molecule is CC1(C)C=Nc2ccc(Cl)cc2N1. The van der Waals surface area contributed by atoms with Crippen LogP contribution in [0.2, 0.25) is 5.02 Å². The highest BCUT2D eigenvalue weighted by Crippen LogP contribution is 2.33. The molecule has 0 aromatic heterocycles. The van der Waals surface area contributed by atoms with Crippen LogP contribution in [0.1, 0.15) is 13.8 Å². The molecular weight excluding hydrogens is 184 g/mol. The number of aliphatic imine (C=N–C) groups is 1. The predicted octanol–water partition coefficient (Wildman–Crippen LogP) is 3.25. The molecule has 0 saturated heterocycles. The van der Waals surface area contributed by atoms with Gasteiger partial charge in [0.15, 0.2) is 0 Å². The molecule has 0 spiro atoms. The zero-order chi connectivity index (χ0) is 9.47. The van der Waals surface area contributed by atoms with Gasteiger partial charge in [0.1, 0.15) is 0 Å². The molecule has 1 aromatic rings. The van der Waals surface area contributed by atoms with Gasteiger partial charge in [-0.25, -0.2) is 0 Å². The average Bonchev–Trinajstić information content (AvgIpc) is 2.01. The van der Waals surface area contributed by atoms with Gasteiger partial charge in [0.05, 0.1) is 16.9 Å². The first-order valence-corrected chi connectivity index (χ1v) is 4.58. The minimum Gasteiger partial charge on any atom is -0.373 e. The van der Waals surface area contributed by atoms with Crippen molar-refractivity contribution in [2.45, 2.75) is 19.4 Å². The lowest BCUT2D eigenvalue weighted by Crippen LogP contribution is -2.34. The van der Waals surface area contributed by atoms with Gasteiger partial charge in [-0.3, -0.25) is 4.99 Å². The zero-order valence-corrected chi connectivity index (χ0v) is 8.39. The summed E-state index contributed by atoms with van der Waals surface area (Å²) in [5, 5.41) is 4.08. The third kappa shape index (κ3) is 1.68. The smallest absolute Gasteiger partial charge is 0.0859 e. The first-order valence-electron chi connectivity index (χ1n) is 4.20. The van der Waals surface area contributed by atoms with Crippen molar-refractivity contribution in [3.63, 3.8) is 0 Å². The van der Waals surface area contributed by atoms with Crippen molar-refractivity contribution in [1.29, 1.82) is 0 Å². The van der Waals surface area contributed by atoms with Gasteiger partial charge >= 0.3 is 0 Å². The van der Waals surface area contributed by atoms with Crippen molar-refractivity contribution in [3.8, 4) is 0 Å². The molecule has 1 heterocycles. The zero-order valence-electron chi connectivity index (χ0n) is 7.63. The summed E-state index contributed by atoms with van der Waals surface area (Å²) < 4.78 is 0. The Kier molecular flexibility index (Phi) is 1.81. The summed E-state index contributed by atoms with van der Waals surface area (Å²) in [5.41, 5.74) is 1.86. The Morgan fingerprint density at radius 3 is 2.92 bits per heavy atom. The summed E-state index contributed by atoms with van der Waals surface area (Å²) in [7, 11) is 0. The van der Waals surface area contributed by atoms with Crippen LogP contribution in [0.4, 0.5) is 11.4 Å². The Morgan fingerprint density at radius 1 is 1.38 bits per heavy atom. The lowest BCUT2D eigenvalue weighted by Gasteiger charge is -2.27. The second-order valence-electron chi connectivity index (χ2n) is 3.77. The summed E-state index contributed by atoms with van der Waals surface area (Å²) in [6, 6.07) is 5.66. The third-order valence-electron chi connectivity index (χ3n) is 1.94. The number of nitrogens with one attached hydrogen (secondary N) is 1. The van der Waals surface area contributed by atoms with E-state index in [1.807, 2.05) is 24.4 Å². The van der Waals surface area contributed by atoms with Crippen LogP contribution >= 0.6 is 11.6 Å². The summed E-state index contributed by atoms with van der Waals surface area (Å²) >= 11 is 5.88. The van der Waals surface area contributed by atoms with E-state index in [4.69, 9.17) is 11.6 Å². The topological polar surface area (TPSA) is 24.4 Å². The number of nitrogens with zero attached hydrogens (tertiary/aromatic N) is 1. The molecule has 1 aliphatic heterocycles. The molecule has 0 aliphatic carbocycles. The molecule has 1 aromatic carbocycles. The van der Waals surface area contributed by atoms with Crippen LogP contribution in [-0.2, 0) is 0 Å². The second-order valence-corrected chi connectivity index (χ2v) is 4.20. The number of fused-ring (bicyclic) bond motifs is 1. The molecule has 68 valence electrons. The number of hydrogen-bond donors (Lipinski definition) is 1. The van der Waals surface area contributed by atoms with Crippen LogP contribution < -0.4 is 5.32 Å². The molecule has 13 heavy (non-hydrogen) atoms. The van der Waals surface area contributed by atoms with Crippen LogP contribution in [0.25, 0.3) is 0 Å². The summed E-state index contributed by atoms with van der Waals surface area (Å²) in [6.07, 6.45) is 1.91. The Balaban J connectivity index is 2.48. The van der Waals surface area contributed by atoms with E-state index >= 15 is 0 Å². The molecule has 2 rings (SSSR count). The first kappa shape index (κ1) is 8.57. The second kappa shape index (κ2) is 2.74. The van der Waals surface area contributed by atoms with Crippen LogP contribution in [-0.4, -0.2) is 11.8 Å². The number of benzene rings is 1. The fraction of sp³-hybridized carbons (Fsp3) is 0.300. The van der Waals surface area contributed by atoms with Crippen molar-refractivity contribution in [1.82, 2.24) is 0 Å². The van der Waals surface area contributed by atoms with E-state index in [9.17, 15) is 0 Å².